The van der Waals surface area contributed by atoms with Crippen LogP contribution in [0.5, 0.6) is 5.75 Å². The Morgan fingerprint density at radius 2 is 1.90 bits per heavy atom. The Morgan fingerprint density at radius 1 is 1.15 bits per heavy atom. The third kappa shape index (κ3) is 5.85. The van der Waals surface area contributed by atoms with Crippen molar-refractivity contribution in [3.8, 4) is 22.7 Å². The molecule has 0 fully saturated rings. The van der Waals surface area contributed by atoms with E-state index in [-0.39, 0.29) is 29.4 Å². The Bertz CT molecular complexity index is 1450. The lowest BCUT2D eigenvalue weighted by molar-refractivity contribution is -0.123. The molecule has 202 valence electrons. The van der Waals surface area contributed by atoms with E-state index in [4.69, 9.17) is 21.4 Å². The smallest absolute Gasteiger partial charge is 0.240 e. The molecule has 0 radical (unpaired) electrons. The number of anilines is 1. The van der Waals surface area contributed by atoms with Crippen molar-refractivity contribution in [2.24, 2.45) is 5.92 Å². The lowest BCUT2D eigenvalue weighted by atomic mass is 10.0. The van der Waals surface area contributed by atoms with Crippen molar-refractivity contribution in [1.29, 1.82) is 0 Å². The van der Waals surface area contributed by atoms with Crippen molar-refractivity contribution in [3.05, 3.63) is 81.5 Å². The van der Waals surface area contributed by atoms with Crippen molar-refractivity contribution < 1.29 is 14.3 Å². The molecular formula is C29H29ClN4O3S2. The first-order chi connectivity index (χ1) is 18.9. The number of benzene rings is 2. The highest BCUT2D eigenvalue weighted by molar-refractivity contribution is 8.00. The van der Waals surface area contributed by atoms with Crippen LogP contribution in [0.15, 0.2) is 66.0 Å². The number of nitrogens with zero attached hydrogens (tertiary/aromatic N) is 3. The minimum Gasteiger partial charge on any atom is -0.497 e. The van der Waals surface area contributed by atoms with Gasteiger partial charge in [0, 0.05) is 27.6 Å². The summed E-state index contributed by atoms with van der Waals surface area (Å²) in [6, 6.07) is 19.2. The van der Waals surface area contributed by atoms with Crippen molar-refractivity contribution in [2.75, 3.05) is 30.9 Å². The fourth-order valence-corrected chi connectivity index (χ4v) is 6.73. The van der Waals surface area contributed by atoms with Gasteiger partial charge in [-0.1, -0.05) is 43.6 Å². The summed E-state index contributed by atoms with van der Waals surface area (Å²) in [4.78, 5) is 29.5. The zero-order valence-electron chi connectivity index (χ0n) is 21.9. The summed E-state index contributed by atoms with van der Waals surface area (Å²) in [7, 11) is 1.62. The fourth-order valence-electron chi connectivity index (χ4n) is 4.43. The molecule has 39 heavy (non-hydrogen) atoms. The molecule has 4 aromatic rings. The van der Waals surface area contributed by atoms with E-state index in [2.05, 4.69) is 11.4 Å². The van der Waals surface area contributed by atoms with Gasteiger partial charge in [0.1, 0.15) is 18.1 Å². The second-order valence-electron chi connectivity index (χ2n) is 9.59. The molecule has 5 rings (SSSR count). The fraction of sp³-hybridized carbons (Fsp3) is 0.276. The molecule has 1 aliphatic heterocycles. The highest BCUT2D eigenvalue weighted by atomic mass is 35.5. The summed E-state index contributed by atoms with van der Waals surface area (Å²) in [6.45, 7) is 4.51. The average Bonchev–Trinajstić information content (AvgIpc) is 3.58. The molecule has 1 unspecified atom stereocenters. The van der Waals surface area contributed by atoms with Gasteiger partial charge in [-0.15, -0.1) is 23.1 Å². The molecule has 1 N–H and O–H groups in total. The van der Waals surface area contributed by atoms with E-state index in [0.29, 0.717) is 29.1 Å². The van der Waals surface area contributed by atoms with Crippen LogP contribution in [0, 0.1) is 5.92 Å². The first-order valence-electron chi connectivity index (χ1n) is 12.6. The first-order valence-corrected chi connectivity index (χ1v) is 14.9. The van der Waals surface area contributed by atoms with Crippen LogP contribution in [0.4, 0.5) is 5.82 Å². The molecule has 2 aromatic carbocycles. The van der Waals surface area contributed by atoms with Crippen LogP contribution in [0.1, 0.15) is 29.5 Å². The zero-order chi connectivity index (χ0) is 27.5. The number of carbonyl (C=O) groups excluding carboxylic acids is 2. The number of hydrogen-bond acceptors (Lipinski definition) is 6. The van der Waals surface area contributed by atoms with Gasteiger partial charge in [0.15, 0.2) is 0 Å². The maximum absolute atomic E-state index is 13.7. The molecule has 1 aliphatic rings. The summed E-state index contributed by atoms with van der Waals surface area (Å²) >= 11 is 9.42. The van der Waals surface area contributed by atoms with Gasteiger partial charge in [-0.3, -0.25) is 14.5 Å². The zero-order valence-corrected chi connectivity index (χ0v) is 24.3. The molecule has 0 saturated carbocycles. The average molecular weight is 581 g/mol. The van der Waals surface area contributed by atoms with Crippen molar-refractivity contribution in [1.82, 2.24) is 15.1 Å². The van der Waals surface area contributed by atoms with Crippen molar-refractivity contribution in [3.63, 3.8) is 0 Å². The molecular weight excluding hydrogens is 552 g/mol. The van der Waals surface area contributed by atoms with Gasteiger partial charge < -0.3 is 10.1 Å². The standard InChI is InChI=1S/C29H29ClN4O3S2/c1-18(2)15-31-24(35)16-33-25(36)17-39-28(23-5-4-14-38-23)26-27(19-6-8-20(30)9-7-19)32-34(29(26)33)21-10-12-22(37-3)13-11-21/h4-14,18,28H,15-17H2,1-3H3,(H,31,35). The molecule has 2 amide bonds. The van der Waals surface area contributed by atoms with E-state index >= 15 is 0 Å². The lowest BCUT2D eigenvalue weighted by Gasteiger charge is -2.23. The summed E-state index contributed by atoms with van der Waals surface area (Å²) in [5, 5.41) is 10.6. The Labute approximate surface area is 241 Å². The summed E-state index contributed by atoms with van der Waals surface area (Å²) in [6.07, 6.45) is 0. The predicted octanol–water partition coefficient (Wildman–Crippen LogP) is 6.20. The Morgan fingerprint density at radius 3 is 2.54 bits per heavy atom. The molecule has 1 atom stereocenters. The normalized spacial score (nSPS) is 15.3. The summed E-state index contributed by atoms with van der Waals surface area (Å²) < 4.78 is 7.14. The van der Waals surface area contributed by atoms with Crippen LogP contribution < -0.4 is 15.0 Å². The lowest BCUT2D eigenvalue weighted by Crippen LogP contribution is -2.43. The van der Waals surface area contributed by atoms with E-state index in [9.17, 15) is 9.59 Å². The highest BCUT2D eigenvalue weighted by Gasteiger charge is 2.38. The van der Waals surface area contributed by atoms with E-state index < -0.39 is 0 Å². The number of hydrogen-bond donors (Lipinski definition) is 1. The number of aromatic nitrogens is 2. The number of thioether (sulfide) groups is 1. The van der Waals surface area contributed by atoms with Crippen molar-refractivity contribution in [2.45, 2.75) is 19.1 Å². The van der Waals surface area contributed by atoms with Gasteiger partial charge in [-0.05, 0) is 53.8 Å². The van der Waals surface area contributed by atoms with Crippen molar-refractivity contribution >= 4 is 52.3 Å². The van der Waals surface area contributed by atoms with E-state index in [0.717, 1.165) is 27.4 Å². The third-order valence-corrected chi connectivity index (χ3v) is 8.91. The molecule has 0 bridgehead atoms. The van der Waals surface area contributed by atoms with Crippen LogP contribution in [0.25, 0.3) is 16.9 Å². The topological polar surface area (TPSA) is 76.5 Å². The number of methoxy groups -OCH3 is 1. The van der Waals surface area contributed by atoms with Crippen LogP contribution in [0.3, 0.4) is 0 Å². The minimum atomic E-state index is -0.210. The number of amides is 2. The van der Waals surface area contributed by atoms with Crippen LogP contribution >= 0.6 is 34.7 Å². The Kier molecular flexibility index (Phi) is 8.30. The first kappa shape index (κ1) is 27.3. The Balaban J connectivity index is 1.74. The SMILES string of the molecule is COc1ccc(-n2nc(-c3ccc(Cl)cc3)c3c2N(CC(=O)NCC(C)C)C(=O)CSC3c2cccs2)cc1. The molecule has 0 saturated heterocycles. The highest BCUT2D eigenvalue weighted by Crippen LogP contribution is 2.49. The summed E-state index contributed by atoms with van der Waals surface area (Å²) in [5.74, 6) is 1.48. The van der Waals surface area contributed by atoms with Crippen LogP contribution in [-0.2, 0) is 9.59 Å². The number of thiophene rings is 1. The van der Waals surface area contributed by atoms with Gasteiger partial charge in [-0.2, -0.15) is 5.10 Å². The number of rotatable bonds is 8. The molecule has 3 heterocycles. The number of nitrogens with one attached hydrogen (secondary N) is 1. The van der Waals surface area contributed by atoms with Gasteiger partial charge >= 0.3 is 0 Å². The maximum Gasteiger partial charge on any atom is 0.240 e. The third-order valence-electron chi connectivity index (χ3n) is 6.33. The maximum atomic E-state index is 13.7. The van der Waals surface area contributed by atoms with E-state index in [1.165, 1.54) is 0 Å². The minimum absolute atomic E-state index is 0.0990. The second kappa shape index (κ2) is 11.9. The molecule has 0 aliphatic carbocycles. The monoisotopic (exact) mass is 580 g/mol. The molecule has 0 spiro atoms. The Hall–Kier alpha value is -3.27. The summed E-state index contributed by atoms with van der Waals surface area (Å²) in [5.41, 5.74) is 3.27. The van der Waals surface area contributed by atoms with E-state index in [1.807, 2.05) is 73.8 Å². The molecule has 10 heteroatoms. The van der Waals surface area contributed by atoms with Gasteiger partial charge in [0.25, 0.3) is 0 Å². The van der Waals surface area contributed by atoms with Gasteiger partial charge in [0.2, 0.25) is 11.8 Å². The number of halogens is 1. The number of carbonyl (C=O) groups is 2. The van der Waals surface area contributed by atoms with Gasteiger partial charge in [0.05, 0.1) is 29.5 Å². The molecule has 2 aromatic heterocycles. The van der Waals surface area contributed by atoms with E-state index in [1.54, 1.807) is 39.8 Å². The van der Waals surface area contributed by atoms with Crippen LogP contribution in [0.2, 0.25) is 5.02 Å². The second-order valence-corrected chi connectivity index (χ2v) is 12.1. The van der Waals surface area contributed by atoms with Gasteiger partial charge in [-0.25, -0.2) is 4.68 Å². The number of fused-ring (bicyclic) bond motifs is 1. The predicted molar refractivity (Wildman–Crippen MR) is 159 cm³/mol. The molecule has 7 nitrogen and oxygen atoms in total. The number of ether oxygens (including phenoxy) is 1. The van der Waals surface area contributed by atoms with Crippen LogP contribution in [-0.4, -0.2) is 47.5 Å². The largest absolute Gasteiger partial charge is 0.497 e. The quantitative estimate of drug-likeness (QED) is 0.268.